The summed E-state index contributed by atoms with van der Waals surface area (Å²) in [5, 5.41) is 4.93. The van der Waals surface area contributed by atoms with Crippen LogP contribution in [0.3, 0.4) is 0 Å². The van der Waals surface area contributed by atoms with E-state index in [-0.39, 0.29) is 24.3 Å². The van der Waals surface area contributed by atoms with Gasteiger partial charge in [-0.2, -0.15) is 0 Å². The number of ether oxygens (including phenoxy) is 2. The Kier molecular flexibility index (Phi) is 6.38. The maximum Gasteiger partial charge on any atom is 0.258 e. The molecule has 1 atom stereocenters. The van der Waals surface area contributed by atoms with Crippen molar-refractivity contribution in [2.45, 2.75) is 6.04 Å². The number of carbonyl (C=O) groups is 1. The van der Waals surface area contributed by atoms with Crippen LogP contribution in [-0.2, 0) is 9.53 Å². The van der Waals surface area contributed by atoms with Gasteiger partial charge in [0.05, 0.1) is 19.3 Å². The van der Waals surface area contributed by atoms with E-state index in [1.807, 2.05) is 11.4 Å². The minimum Gasteiger partial charge on any atom is -0.481 e. The van der Waals surface area contributed by atoms with Gasteiger partial charge < -0.3 is 14.8 Å². The normalized spacial score (nSPS) is 16.4. The molecule has 1 saturated heterocycles. The van der Waals surface area contributed by atoms with Crippen LogP contribution in [0.15, 0.2) is 41.8 Å². The summed E-state index contributed by atoms with van der Waals surface area (Å²) in [5.41, 5.74) is 0. The van der Waals surface area contributed by atoms with Crippen LogP contribution < -0.4 is 10.1 Å². The first-order valence-corrected chi connectivity index (χ1v) is 9.11. The van der Waals surface area contributed by atoms with Crippen molar-refractivity contribution in [3.05, 3.63) is 52.5 Å². The van der Waals surface area contributed by atoms with Gasteiger partial charge in [-0.3, -0.25) is 9.69 Å². The summed E-state index contributed by atoms with van der Waals surface area (Å²) < 4.78 is 24.2. The number of thiophene rings is 1. The fourth-order valence-electron chi connectivity index (χ4n) is 2.75. The van der Waals surface area contributed by atoms with E-state index in [1.165, 1.54) is 17.0 Å². The molecule has 2 aromatic rings. The van der Waals surface area contributed by atoms with Crippen LogP contribution in [0.1, 0.15) is 10.9 Å². The van der Waals surface area contributed by atoms with Crippen molar-refractivity contribution in [2.24, 2.45) is 0 Å². The van der Waals surface area contributed by atoms with Gasteiger partial charge >= 0.3 is 0 Å². The van der Waals surface area contributed by atoms with Crippen LogP contribution in [0.25, 0.3) is 0 Å². The van der Waals surface area contributed by atoms with Crippen LogP contribution in [-0.4, -0.2) is 50.3 Å². The molecule has 2 heterocycles. The fraction of sp³-hybridized carbons (Fsp3) is 0.389. The number of benzene rings is 1. The molecule has 0 saturated carbocycles. The van der Waals surface area contributed by atoms with Crippen molar-refractivity contribution in [1.29, 1.82) is 0 Å². The minimum atomic E-state index is -0.472. The Morgan fingerprint density at radius 2 is 2.08 bits per heavy atom. The molecule has 1 aliphatic rings. The van der Waals surface area contributed by atoms with Gasteiger partial charge in [-0.25, -0.2) is 4.39 Å². The lowest BCUT2D eigenvalue weighted by molar-refractivity contribution is -0.123. The minimum absolute atomic E-state index is 0.0839. The monoisotopic (exact) mass is 364 g/mol. The zero-order chi connectivity index (χ0) is 17.5. The Hall–Kier alpha value is -1.96. The van der Waals surface area contributed by atoms with Crippen LogP contribution in [0, 0.1) is 5.82 Å². The first-order chi connectivity index (χ1) is 12.2. The highest BCUT2D eigenvalue weighted by Gasteiger charge is 2.24. The van der Waals surface area contributed by atoms with E-state index in [0.717, 1.165) is 13.1 Å². The number of para-hydroxylation sites is 1. The zero-order valence-electron chi connectivity index (χ0n) is 13.8. The summed E-state index contributed by atoms with van der Waals surface area (Å²) in [6.45, 7) is 3.36. The van der Waals surface area contributed by atoms with Gasteiger partial charge in [0.25, 0.3) is 5.91 Å². The molecule has 0 spiro atoms. The quantitative estimate of drug-likeness (QED) is 0.820. The Labute approximate surface area is 150 Å². The molecule has 25 heavy (non-hydrogen) atoms. The molecule has 0 radical (unpaired) electrons. The molecule has 7 heteroatoms. The molecule has 0 aliphatic carbocycles. The lowest BCUT2D eigenvalue weighted by Gasteiger charge is -2.34. The van der Waals surface area contributed by atoms with Gasteiger partial charge in [0.2, 0.25) is 0 Å². The third-order valence-corrected chi connectivity index (χ3v) is 5.02. The third-order valence-electron chi connectivity index (χ3n) is 4.05. The third kappa shape index (κ3) is 5.01. The molecule has 1 unspecified atom stereocenters. The molecule has 1 fully saturated rings. The summed E-state index contributed by atoms with van der Waals surface area (Å²) in [6.07, 6.45) is 0. The van der Waals surface area contributed by atoms with E-state index in [1.54, 1.807) is 23.5 Å². The van der Waals surface area contributed by atoms with Crippen LogP contribution in [0.4, 0.5) is 4.39 Å². The number of carbonyl (C=O) groups excluding carboxylic acids is 1. The number of halogens is 1. The van der Waals surface area contributed by atoms with Crippen molar-refractivity contribution in [3.63, 3.8) is 0 Å². The smallest absolute Gasteiger partial charge is 0.258 e. The molecule has 5 nitrogen and oxygen atoms in total. The average Bonchev–Trinajstić information content (AvgIpc) is 3.16. The lowest BCUT2D eigenvalue weighted by Crippen LogP contribution is -2.44. The van der Waals surface area contributed by atoms with Gasteiger partial charge in [-0.1, -0.05) is 18.2 Å². The predicted octanol–water partition coefficient (Wildman–Crippen LogP) is 2.46. The molecule has 0 bridgehead atoms. The molecule has 1 aromatic heterocycles. The van der Waals surface area contributed by atoms with E-state index >= 15 is 0 Å². The van der Waals surface area contributed by atoms with E-state index in [2.05, 4.69) is 16.3 Å². The maximum absolute atomic E-state index is 13.5. The van der Waals surface area contributed by atoms with Crippen molar-refractivity contribution < 1.29 is 18.7 Å². The number of nitrogens with zero attached hydrogens (tertiary/aromatic N) is 1. The average molecular weight is 364 g/mol. The molecule has 1 amide bonds. The van der Waals surface area contributed by atoms with Gasteiger partial charge in [-0.15, -0.1) is 11.3 Å². The van der Waals surface area contributed by atoms with E-state index in [9.17, 15) is 9.18 Å². The predicted molar refractivity (Wildman–Crippen MR) is 94.4 cm³/mol. The summed E-state index contributed by atoms with van der Waals surface area (Å²) in [4.78, 5) is 15.6. The highest BCUT2D eigenvalue weighted by atomic mass is 32.1. The molecular formula is C18H21FN2O3S. The molecule has 1 aromatic carbocycles. The Balaban J connectivity index is 1.53. The largest absolute Gasteiger partial charge is 0.481 e. The summed E-state index contributed by atoms with van der Waals surface area (Å²) in [7, 11) is 0. The topological polar surface area (TPSA) is 50.8 Å². The highest BCUT2D eigenvalue weighted by molar-refractivity contribution is 7.10. The van der Waals surface area contributed by atoms with Crippen molar-refractivity contribution in [2.75, 3.05) is 39.5 Å². The van der Waals surface area contributed by atoms with Crippen LogP contribution >= 0.6 is 11.3 Å². The number of hydrogen-bond acceptors (Lipinski definition) is 5. The summed E-state index contributed by atoms with van der Waals surface area (Å²) in [6, 6.07) is 10.3. The second kappa shape index (κ2) is 8.94. The van der Waals surface area contributed by atoms with Crippen LogP contribution in [0.5, 0.6) is 5.75 Å². The Morgan fingerprint density at radius 1 is 1.28 bits per heavy atom. The second-order valence-electron chi connectivity index (χ2n) is 5.70. The lowest BCUT2D eigenvalue weighted by atomic mass is 10.2. The first kappa shape index (κ1) is 17.8. The Bertz CT molecular complexity index is 675. The maximum atomic E-state index is 13.5. The standard InChI is InChI=1S/C18H21FN2O3S/c19-14-4-1-2-5-16(14)24-13-18(22)20-12-15(17-6-3-11-25-17)21-7-9-23-10-8-21/h1-6,11,15H,7-10,12-13H2,(H,20,22). The van der Waals surface area contributed by atoms with E-state index < -0.39 is 5.82 Å². The SMILES string of the molecule is O=C(COc1ccccc1F)NCC(c1cccs1)N1CCOCC1. The summed E-state index contributed by atoms with van der Waals surface area (Å²) >= 11 is 1.67. The van der Waals surface area contributed by atoms with Crippen molar-refractivity contribution >= 4 is 17.2 Å². The van der Waals surface area contributed by atoms with E-state index in [0.29, 0.717) is 19.8 Å². The zero-order valence-corrected chi connectivity index (χ0v) is 14.6. The van der Waals surface area contributed by atoms with Crippen LogP contribution in [0.2, 0.25) is 0 Å². The van der Waals surface area contributed by atoms with E-state index in [4.69, 9.17) is 9.47 Å². The van der Waals surface area contributed by atoms with Gasteiger partial charge in [0.1, 0.15) is 0 Å². The molecule has 3 rings (SSSR count). The van der Waals surface area contributed by atoms with Gasteiger partial charge in [0, 0.05) is 24.5 Å². The number of hydrogen-bond donors (Lipinski definition) is 1. The van der Waals surface area contributed by atoms with Crippen molar-refractivity contribution in [3.8, 4) is 5.75 Å². The molecule has 1 aliphatic heterocycles. The highest BCUT2D eigenvalue weighted by Crippen LogP contribution is 2.25. The molecular weight excluding hydrogens is 343 g/mol. The molecule has 134 valence electrons. The fourth-order valence-corrected chi connectivity index (χ4v) is 3.61. The number of nitrogens with one attached hydrogen (secondary N) is 1. The number of morpholine rings is 1. The molecule has 1 N–H and O–H groups in total. The first-order valence-electron chi connectivity index (χ1n) is 8.23. The summed E-state index contributed by atoms with van der Waals surface area (Å²) in [5.74, 6) is -0.654. The second-order valence-corrected chi connectivity index (χ2v) is 6.68. The Morgan fingerprint density at radius 3 is 2.80 bits per heavy atom. The number of rotatable bonds is 7. The number of amides is 1. The van der Waals surface area contributed by atoms with Gasteiger partial charge in [-0.05, 0) is 23.6 Å². The van der Waals surface area contributed by atoms with Gasteiger partial charge in [0.15, 0.2) is 18.2 Å². The van der Waals surface area contributed by atoms with Crippen molar-refractivity contribution in [1.82, 2.24) is 10.2 Å².